The van der Waals surface area contributed by atoms with Gasteiger partial charge in [-0.1, -0.05) is 17.3 Å². The van der Waals surface area contributed by atoms with Crippen LogP contribution in [0.2, 0.25) is 0 Å². The maximum atomic E-state index is 11.2. The first-order chi connectivity index (χ1) is 15.6. The van der Waals surface area contributed by atoms with Crippen molar-refractivity contribution in [1.29, 1.82) is 0 Å². The van der Waals surface area contributed by atoms with Crippen molar-refractivity contribution in [2.45, 2.75) is 32.4 Å². The van der Waals surface area contributed by atoms with Crippen LogP contribution in [-0.4, -0.2) is 52.7 Å². The van der Waals surface area contributed by atoms with E-state index in [0.29, 0.717) is 30.7 Å². The van der Waals surface area contributed by atoms with Crippen LogP contribution in [0.1, 0.15) is 37.3 Å². The van der Waals surface area contributed by atoms with Crippen LogP contribution in [0.15, 0.2) is 47.1 Å². The largest absolute Gasteiger partial charge is 0.383 e. The Morgan fingerprint density at radius 2 is 2.12 bits per heavy atom. The minimum Gasteiger partial charge on any atom is -0.383 e. The summed E-state index contributed by atoms with van der Waals surface area (Å²) in [5.74, 6) is 1.79. The zero-order valence-electron chi connectivity index (χ0n) is 18.4. The van der Waals surface area contributed by atoms with E-state index < -0.39 is 0 Å². The lowest BCUT2D eigenvalue weighted by atomic mass is 10.1. The van der Waals surface area contributed by atoms with Gasteiger partial charge in [-0.3, -0.25) is 9.69 Å². The topological polar surface area (TPSA) is 105 Å². The molecule has 4 rings (SSSR count). The highest BCUT2D eigenvalue weighted by molar-refractivity contribution is 5.88. The molecule has 3 aromatic rings. The van der Waals surface area contributed by atoms with Gasteiger partial charge in [-0.2, -0.15) is 4.98 Å². The Balaban J connectivity index is 1.46. The molecule has 1 aromatic carbocycles. The van der Waals surface area contributed by atoms with Crippen molar-refractivity contribution in [2.75, 3.05) is 37.4 Å². The van der Waals surface area contributed by atoms with Crippen molar-refractivity contribution in [2.24, 2.45) is 0 Å². The lowest BCUT2D eigenvalue weighted by Crippen LogP contribution is -2.23. The summed E-state index contributed by atoms with van der Waals surface area (Å²) in [6.45, 7) is 4.47. The maximum Gasteiger partial charge on any atom is 0.244 e. The Hall–Kier alpha value is -3.30. The van der Waals surface area contributed by atoms with Crippen molar-refractivity contribution in [3.8, 4) is 11.4 Å². The molecule has 1 saturated heterocycles. The van der Waals surface area contributed by atoms with Crippen molar-refractivity contribution < 1.29 is 14.1 Å². The number of benzene rings is 1. The molecule has 9 heteroatoms. The second-order valence-electron chi connectivity index (χ2n) is 7.78. The van der Waals surface area contributed by atoms with Gasteiger partial charge in [0.25, 0.3) is 0 Å². The molecular formula is C23H28N6O3. The Morgan fingerprint density at radius 1 is 1.28 bits per heavy atom. The molecule has 2 aromatic heterocycles. The number of methoxy groups -OCH3 is 1. The molecule has 9 nitrogen and oxygen atoms in total. The molecule has 168 valence electrons. The van der Waals surface area contributed by atoms with Crippen molar-refractivity contribution in [3.05, 3.63) is 54.0 Å². The summed E-state index contributed by atoms with van der Waals surface area (Å²) in [5.41, 5.74) is 2.77. The molecule has 3 heterocycles. The van der Waals surface area contributed by atoms with Gasteiger partial charge in [-0.05, 0) is 49.2 Å². The van der Waals surface area contributed by atoms with Crippen LogP contribution in [-0.2, 0) is 16.1 Å². The predicted molar refractivity (Wildman–Crippen MR) is 121 cm³/mol. The van der Waals surface area contributed by atoms with Crippen LogP contribution in [0.5, 0.6) is 0 Å². The van der Waals surface area contributed by atoms with E-state index in [1.165, 1.54) is 12.5 Å². The number of rotatable bonds is 9. The van der Waals surface area contributed by atoms with Gasteiger partial charge in [0.05, 0.1) is 18.2 Å². The number of anilines is 2. The lowest BCUT2D eigenvalue weighted by Gasteiger charge is -2.21. The summed E-state index contributed by atoms with van der Waals surface area (Å²) < 4.78 is 10.8. The Labute approximate surface area is 187 Å². The number of nitrogens with zero attached hydrogens (tertiary/aromatic N) is 4. The molecule has 1 aliphatic rings. The van der Waals surface area contributed by atoms with E-state index in [4.69, 9.17) is 14.2 Å². The van der Waals surface area contributed by atoms with Gasteiger partial charge in [-0.15, -0.1) is 0 Å². The minimum absolute atomic E-state index is 0.0739. The van der Waals surface area contributed by atoms with E-state index >= 15 is 0 Å². The normalized spacial score (nSPS) is 16.2. The van der Waals surface area contributed by atoms with Crippen LogP contribution in [0.3, 0.4) is 0 Å². The number of amides is 1. The highest BCUT2D eigenvalue weighted by atomic mass is 16.5. The number of carbonyl (C=O) groups excluding carboxylic acids is 1. The quantitative estimate of drug-likeness (QED) is 0.491. The van der Waals surface area contributed by atoms with Gasteiger partial charge in [0.2, 0.25) is 17.6 Å². The monoisotopic (exact) mass is 436 g/mol. The highest BCUT2D eigenvalue weighted by Crippen LogP contribution is 2.34. The van der Waals surface area contributed by atoms with Gasteiger partial charge >= 0.3 is 0 Å². The summed E-state index contributed by atoms with van der Waals surface area (Å²) in [6.07, 6.45) is 3.77. The maximum absolute atomic E-state index is 11.2. The fourth-order valence-electron chi connectivity index (χ4n) is 3.90. The molecule has 2 N–H and O–H groups in total. The van der Waals surface area contributed by atoms with Crippen LogP contribution in [0, 0.1) is 0 Å². The molecule has 32 heavy (non-hydrogen) atoms. The van der Waals surface area contributed by atoms with Crippen LogP contribution in [0.25, 0.3) is 11.4 Å². The van der Waals surface area contributed by atoms with Crippen LogP contribution in [0.4, 0.5) is 11.5 Å². The van der Waals surface area contributed by atoms with E-state index in [0.717, 1.165) is 37.2 Å². The molecule has 0 spiro atoms. The predicted octanol–water partition coefficient (Wildman–Crippen LogP) is 3.49. The summed E-state index contributed by atoms with van der Waals surface area (Å²) in [7, 11) is 1.66. The fraction of sp³-hybridized carbons (Fsp3) is 0.391. The zero-order chi connectivity index (χ0) is 22.3. The minimum atomic E-state index is -0.0739. The Morgan fingerprint density at radius 3 is 2.91 bits per heavy atom. The Bertz CT molecular complexity index is 1040. The number of hydrogen-bond donors (Lipinski definition) is 2. The molecule has 0 aliphatic carbocycles. The fourth-order valence-corrected chi connectivity index (χ4v) is 3.90. The molecule has 1 atom stereocenters. The van der Waals surface area contributed by atoms with Gasteiger partial charge in [0, 0.05) is 39.0 Å². The van der Waals surface area contributed by atoms with Gasteiger partial charge in [0.15, 0.2) is 0 Å². The average Bonchev–Trinajstić information content (AvgIpc) is 3.45. The van der Waals surface area contributed by atoms with E-state index in [-0.39, 0.29) is 11.9 Å². The standard InChI is InChI=1S/C23H28N6O3/c1-16(30)26-18-9-7-17(8-10-18)15-29-13-4-6-20(29)23-27-22(28-32-23)19-5-3-11-24-21(19)25-12-14-31-2/h3,5,7-11,20H,4,6,12-15H2,1-2H3,(H,24,25)(H,26,30)/t20-/m0/s1. The van der Waals surface area contributed by atoms with E-state index in [1.54, 1.807) is 13.3 Å². The molecule has 1 aliphatic heterocycles. The van der Waals surface area contributed by atoms with Gasteiger partial charge in [0.1, 0.15) is 5.82 Å². The SMILES string of the molecule is COCCNc1ncccc1-c1noc([C@@H]2CCCN2Cc2ccc(NC(C)=O)cc2)n1. The average molecular weight is 437 g/mol. The number of carbonyl (C=O) groups is 1. The van der Waals surface area contributed by atoms with Crippen molar-refractivity contribution in [3.63, 3.8) is 0 Å². The first kappa shape index (κ1) is 21.9. The molecule has 0 radical (unpaired) electrons. The molecule has 0 saturated carbocycles. The molecule has 0 bridgehead atoms. The summed E-state index contributed by atoms with van der Waals surface area (Å²) in [4.78, 5) is 22.7. The molecule has 1 fully saturated rings. The molecular weight excluding hydrogens is 408 g/mol. The third-order valence-electron chi connectivity index (χ3n) is 5.40. The van der Waals surface area contributed by atoms with Crippen molar-refractivity contribution in [1.82, 2.24) is 20.0 Å². The number of likely N-dealkylation sites (tertiary alicyclic amines) is 1. The zero-order valence-corrected chi connectivity index (χ0v) is 18.4. The molecule has 0 unspecified atom stereocenters. The smallest absolute Gasteiger partial charge is 0.244 e. The van der Waals surface area contributed by atoms with Gasteiger partial charge < -0.3 is 19.9 Å². The van der Waals surface area contributed by atoms with Gasteiger partial charge in [-0.25, -0.2) is 4.98 Å². The lowest BCUT2D eigenvalue weighted by molar-refractivity contribution is -0.114. The summed E-state index contributed by atoms with van der Waals surface area (Å²) in [6, 6.07) is 11.8. The number of hydrogen-bond acceptors (Lipinski definition) is 8. The third kappa shape index (κ3) is 5.30. The Kier molecular flexibility index (Phi) is 7.08. The number of nitrogens with one attached hydrogen (secondary N) is 2. The second-order valence-corrected chi connectivity index (χ2v) is 7.78. The van der Waals surface area contributed by atoms with Crippen LogP contribution < -0.4 is 10.6 Å². The summed E-state index contributed by atoms with van der Waals surface area (Å²) in [5, 5.41) is 10.3. The second kappa shape index (κ2) is 10.3. The number of aromatic nitrogens is 3. The van der Waals surface area contributed by atoms with E-state index in [2.05, 4.69) is 25.7 Å². The first-order valence-electron chi connectivity index (χ1n) is 10.8. The van der Waals surface area contributed by atoms with Crippen LogP contribution >= 0.6 is 0 Å². The summed E-state index contributed by atoms with van der Waals surface area (Å²) >= 11 is 0. The van der Waals surface area contributed by atoms with E-state index in [9.17, 15) is 4.79 Å². The number of ether oxygens (including phenoxy) is 1. The molecule has 1 amide bonds. The highest BCUT2D eigenvalue weighted by Gasteiger charge is 2.31. The van der Waals surface area contributed by atoms with E-state index in [1.807, 2.05) is 36.4 Å². The number of pyridine rings is 1. The van der Waals surface area contributed by atoms with Crippen molar-refractivity contribution >= 4 is 17.4 Å². The third-order valence-corrected chi connectivity index (χ3v) is 5.40. The first-order valence-corrected chi connectivity index (χ1v) is 10.8.